The van der Waals surface area contributed by atoms with Gasteiger partial charge in [0.05, 0.1) is 5.49 Å². The lowest BCUT2D eigenvalue weighted by Crippen LogP contribution is -2.46. The Morgan fingerprint density at radius 1 is 1.17 bits per heavy atom. The van der Waals surface area contributed by atoms with E-state index in [1.54, 1.807) is 18.0 Å². The Morgan fingerprint density at radius 3 is 2.34 bits per heavy atom. The number of thiocarbonyl (C=S) groups is 1. The largest absolute Gasteiger partial charge is 0.385 e. The van der Waals surface area contributed by atoms with Crippen molar-refractivity contribution in [3.8, 4) is 11.1 Å². The Labute approximate surface area is 177 Å². The number of piperidine rings is 1. The van der Waals surface area contributed by atoms with Crippen molar-refractivity contribution in [3.63, 3.8) is 0 Å². The van der Waals surface area contributed by atoms with E-state index in [2.05, 4.69) is 34.8 Å². The summed E-state index contributed by atoms with van der Waals surface area (Å²) in [6.07, 6.45) is 2.00. The lowest BCUT2D eigenvalue weighted by molar-refractivity contribution is 0.156. The molecule has 1 heterocycles. The van der Waals surface area contributed by atoms with Crippen LogP contribution < -0.4 is 10.6 Å². The van der Waals surface area contributed by atoms with Crippen LogP contribution in [0.1, 0.15) is 12.8 Å². The van der Waals surface area contributed by atoms with Gasteiger partial charge >= 0.3 is 6.03 Å². The second-order valence-corrected chi connectivity index (χ2v) is 7.31. The topological polar surface area (TPSA) is 47.6 Å². The van der Waals surface area contributed by atoms with Crippen molar-refractivity contribution in [1.82, 2.24) is 15.1 Å². The molecular formula is C22H29FN4OS. The van der Waals surface area contributed by atoms with E-state index in [0.717, 1.165) is 42.7 Å². The molecule has 2 N–H and O–H groups in total. The first-order valence-electron chi connectivity index (χ1n) is 9.64. The number of carbonyl (C=O) groups excluding carboxylic acids is 1. The van der Waals surface area contributed by atoms with Crippen LogP contribution in [0.3, 0.4) is 0 Å². The van der Waals surface area contributed by atoms with Crippen molar-refractivity contribution in [3.05, 3.63) is 54.3 Å². The number of amides is 2. The predicted octanol–water partition coefficient (Wildman–Crippen LogP) is 4.21. The summed E-state index contributed by atoms with van der Waals surface area (Å²) in [7, 11) is 5.73. The van der Waals surface area contributed by atoms with E-state index in [4.69, 9.17) is 0 Å². The molecule has 1 fully saturated rings. The molecule has 156 valence electrons. The SMILES string of the molecule is CN1CCC(N(C)C(=O)Nc2ccc(-c3cccc(F)c3)cc2)CC1.CNC=S. The van der Waals surface area contributed by atoms with Crippen LogP contribution in [0.2, 0.25) is 0 Å². The van der Waals surface area contributed by atoms with Crippen LogP contribution >= 0.6 is 12.2 Å². The summed E-state index contributed by atoms with van der Waals surface area (Å²) in [4.78, 5) is 16.5. The number of hydrogen-bond acceptors (Lipinski definition) is 3. The van der Waals surface area contributed by atoms with Gasteiger partial charge in [0, 0.05) is 25.8 Å². The fourth-order valence-corrected chi connectivity index (χ4v) is 3.17. The summed E-state index contributed by atoms with van der Waals surface area (Å²) in [6.45, 7) is 2.04. The quantitative estimate of drug-likeness (QED) is 0.733. The van der Waals surface area contributed by atoms with E-state index >= 15 is 0 Å². The first kappa shape index (κ1) is 22.8. The highest BCUT2D eigenvalue weighted by Gasteiger charge is 2.23. The molecule has 0 unspecified atom stereocenters. The van der Waals surface area contributed by atoms with Gasteiger partial charge in [0.1, 0.15) is 5.82 Å². The third-order valence-electron chi connectivity index (χ3n) is 4.97. The number of nitrogens with zero attached hydrogens (tertiary/aromatic N) is 2. The summed E-state index contributed by atoms with van der Waals surface area (Å²) in [5, 5.41) is 5.56. The van der Waals surface area contributed by atoms with Gasteiger partial charge in [-0.1, -0.05) is 36.5 Å². The Hall–Kier alpha value is -2.51. The van der Waals surface area contributed by atoms with E-state index in [0.29, 0.717) is 0 Å². The number of urea groups is 1. The molecule has 2 aromatic rings. The predicted molar refractivity (Wildman–Crippen MR) is 122 cm³/mol. The molecule has 0 atom stereocenters. The highest BCUT2D eigenvalue weighted by Crippen LogP contribution is 2.22. The molecule has 0 bridgehead atoms. The number of nitrogens with one attached hydrogen (secondary N) is 2. The molecule has 0 spiro atoms. The zero-order valence-electron chi connectivity index (χ0n) is 17.2. The van der Waals surface area contributed by atoms with Gasteiger partial charge in [-0.05, 0) is 68.4 Å². The second-order valence-electron chi connectivity index (χ2n) is 7.07. The summed E-state index contributed by atoms with van der Waals surface area (Å²) in [5.41, 5.74) is 3.94. The van der Waals surface area contributed by atoms with Crippen molar-refractivity contribution in [2.75, 3.05) is 39.5 Å². The fraction of sp³-hybridized carbons (Fsp3) is 0.364. The summed E-state index contributed by atoms with van der Waals surface area (Å²) in [6, 6.07) is 14.1. The van der Waals surface area contributed by atoms with Crippen molar-refractivity contribution < 1.29 is 9.18 Å². The highest BCUT2D eigenvalue weighted by atomic mass is 32.1. The number of halogens is 1. The number of hydrogen-bond donors (Lipinski definition) is 2. The molecule has 0 aliphatic carbocycles. The number of rotatable bonds is 4. The Morgan fingerprint density at radius 2 is 1.79 bits per heavy atom. The van der Waals surface area contributed by atoms with Gasteiger partial charge in [-0.2, -0.15) is 0 Å². The third-order valence-corrected chi connectivity index (χ3v) is 5.20. The first-order valence-corrected chi connectivity index (χ1v) is 10.1. The van der Waals surface area contributed by atoms with E-state index in [-0.39, 0.29) is 17.9 Å². The molecule has 0 radical (unpaired) electrons. The first-order chi connectivity index (χ1) is 13.9. The van der Waals surface area contributed by atoms with Crippen molar-refractivity contribution in [2.24, 2.45) is 0 Å². The minimum Gasteiger partial charge on any atom is -0.385 e. The highest BCUT2D eigenvalue weighted by molar-refractivity contribution is 7.78. The van der Waals surface area contributed by atoms with Crippen LogP contribution in [-0.4, -0.2) is 61.6 Å². The smallest absolute Gasteiger partial charge is 0.321 e. The van der Waals surface area contributed by atoms with Crippen LogP contribution in [-0.2, 0) is 0 Å². The zero-order chi connectivity index (χ0) is 21.2. The standard InChI is InChI=1S/C20H24FN3O.C2H5NS/c1-23-12-10-19(11-13-23)24(2)20(25)22-18-8-6-15(7-9-18)16-4-3-5-17(21)14-16;1-3-2-4/h3-9,14,19H,10-13H2,1-2H3,(H,22,25);2H,1H3,(H,3,4). The normalized spacial score (nSPS) is 14.3. The van der Waals surface area contributed by atoms with Crippen molar-refractivity contribution in [2.45, 2.75) is 18.9 Å². The maximum absolute atomic E-state index is 13.3. The van der Waals surface area contributed by atoms with E-state index in [1.807, 2.05) is 37.4 Å². The van der Waals surface area contributed by atoms with Crippen LogP contribution in [0.4, 0.5) is 14.9 Å². The lowest BCUT2D eigenvalue weighted by atomic mass is 10.0. The van der Waals surface area contributed by atoms with Gasteiger partial charge in [0.2, 0.25) is 0 Å². The maximum atomic E-state index is 13.3. The van der Waals surface area contributed by atoms with E-state index in [9.17, 15) is 9.18 Å². The van der Waals surface area contributed by atoms with Crippen LogP contribution in [0, 0.1) is 5.82 Å². The molecular weight excluding hydrogens is 387 g/mol. The van der Waals surface area contributed by atoms with Gasteiger partial charge in [0.15, 0.2) is 0 Å². The van der Waals surface area contributed by atoms with E-state index < -0.39 is 0 Å². The minimum absolute atomic E-state index is 0.0898. The van der Waals surface area contributed by atoms with Gasteiger partial charge in [-0.25, -0.2) is 9.18 Å². The second kappa shape index (κ2) is 11.5. The summed E-state index contributed by atoms with van der Waals surface area (Å²) >= 11 is 4.32. The fourth-order valence-electron chi connectivity index (χ4n) is 3.17. The van der Waals surface area contributed by atoms with Gasteiger partial charge in [-0.3, -0.25) is 0 Å². The minimum atomic E-state index is -0.255. The van der Waals surface area contributed by atoms with Crippen LogP contribution in [0.5, 0.6) is 0 Å². The number of benzene rings is 2. The van der Waals surface area contributed by atoms with Crippen LogP contribution in [0.15, 0.2) is 48.5 Å². The molecule has 29 heavy (non-hydrogen) atoms. The lowest BCUT2D eigenvalue weighted by Gasteiger charge is -2.35. The van der Waals surface area contributed by atoms with Crippen molar-refractivity contribution >= 4 is 29.4 Å². The number of likely N-dealkylation sites (tertiary alicyclic amines) is 1. The maximum Gasteiger partial charge on any atom is 0.321 e. The molecule has 3 rings (SSSR count). The summed E-state index contributed by atoms with van der Waals surface area (Å²) < 4.78 is 13.3. The Kier molecular flexibility index (Phi) is 9.02. The average molecular weight is 417 g/mol. The summed E-state index contributed by atoms with van der Waals surface area (Å²) in [5.74, 6) is -0.255. The Bertz CT molecular complexity index is 792. The molecule has 2 amide bonds. The molecule has 5 nitrogen and oxygen atoms in total. The third kappa shape index (κ3) is 7.11. The number of anilines is 1. The molecule has 7 heteroatoms. The number of carbonyl (C=O) groups is 1. The van der Waals surface area contributed by atoms with Crippen molar-refractivity contribution in [1.29, 1.82) is 0 Å². The Balaban J connectivity index is 0.000000687. The molecule has 1 aliphatic rings. The molecule has 2 aromatic carbocycles. The molecule has 0 saturated carbocycles. The average Bonchev–Trinajstić information content (AvgIpc) is 2.74. The van der Waals surface area contributed by atoms with Gasteiger partial charge < -0.3 is 20.4 Å². The van der Waals surface area contributed by atoms with Crippen LogP contribution in [0.25, 0.3) is 11.1 Å². The molecule has 1 saturated heterocycles. The van der Waals surface area contributed by atoms with Gasteiger partial charge in [0.25, 0.3) is 0 Å². The molecule has 1 aliphatic heterocycles. The van der Waals surface area contributed by atoms with Gasteiger partial charge in [-0.15, -0.1) is 0 Å². The van der Waals surface area contributed by atoms with E-state index in [1.165, 1.54) is 17.6 Å². The zero-order valence-corrected chi connectivity index (χ0v) is 18.0. The molecule has 0 aromatic heterocycles. The monoisotopic (exact) mass is 416 g/mol.